The van der Waals surface area contributed by atoms with Crippen molar-refractivity contribution in [1.29, 1.82) is 0 Å². The number of hydrogen-bond acceptors (Lipinski definition) is 4. The van der Waals surface area contributed by atoms with Crippen molar-refractivity contribution in [3.8, 4) is 0 Å². The highest BCUT2D eigenvalue weighted by Crippen LogP contribution is 2.25. The maximum atomic E-state index is 13.6. The molecular weight excluding hydrogens is 287 g/mol. The minimum atomic E-state index is -1.39. The number of aliphatic hydroxyl groups is 1. The summed E-state index contributed by atoms with van der Waals surface area (Å²) in [7, 11) is 1.07. The van der Waals surface area contributed by atoms with E-state index in [1.54, 1.807) is 0 Å². The number of aliphatic hydroxyl groups excluding tert-OH is 1. The van der Waals surface area contributed by atoms with Gasteiger partial charge in [0.1, 0.15) is 17.1 Å². The lowest BCUT2D eigenvalue weighted by Gasteiger charge is -2.07. The van der Waals surface area contributed by atoms with Gasteiger partial charge in [-0.05, 0) is 18.9 Å². The van der Waals surface area contributed by atoms with Crippen LogP contribution in [0, 0.1) is 17.5 Å². The molecule has 1 aliphatic carbocycles. The molecule has 0 aliphatic heterocycles. The number of hydrogen-bond donors (Lipinski definition) is 1. The second kappa shape index (κ2) is 5.99. The molecule has 1 N–H and O–H groups in total. The molecule has 112 valence electrons. The van der Waals surface area contributed by atoms with Crippen LogP contribution in [0.1, 0.15) is 18.4 Å². The second-order valence-corrected chi connectivity index (χ2v) is 4.51. The van der Waals surface area contributed by atoms with Crippen LogP contribution in [-0.2, 0) is 9.53 Å². The van der Waals surface area contributed by atoms with Crippen LogP contribution < -0.4 is 0 Å². The van der Waals surface area contributed by atoms with Crippen LogP contribution in [0.3, 0.4) is 0 Å². The Hall–Kier alpha value is -2.31. The van der Waals surface area contributed by atoms with Gasteiger partial charge in [-0.3, -0.25) is 4.99 Å². The van der Waals surface area contributed by atoms with Crippen molar-refractivity contribution in [3.63, 3.8) is 0 Å². The zero-order chi connectivity index (χ0) is 15.6. The number of aliphatic imine (C=N–C) groups is 1. The van der Waals surface area contributed by atoms with Crippen molar-refractivity contribution < 1.29 is 27.8 Å². The molecule has 0 radical (unpaired) electrons. The maximum absolute atomic E-state index is 13.6. The third kappa shape index (κ3) is 3.42. The van der Waals surface area contributed by atoms with Gasteiger partial charge in [-0.25, -0.2) is 18.0 Å². The van der Waals surface area contributed by atoms with Crippen LogP contribution in [-0.4, -0.2) is 30.4 Å². The van der Waals surface area contributed by atoms with Crippen molar-refractivity contribution in [2.24, 2.45) is 4.99 Å². The Morgan fingerprint density at radius 2 is 1.90 bits per heavy atom. The van der Waals surface area contributed by atoms with Crippen LogP contribution in [0.25, 0.3) is 5.76 Å². The number of ether oxygens (including phenoxy) is 1. The molecule has 0 heterocycles. The molecule has 0 saturated heterocycles. The minimum Gasteiger partial charge on any atom is -0.506 e. The molecule has 1 aromatic carbocycles. The standard InChI is InChI=1S/C14H12F3NO3/c1-21-14(20)9(6-18-7-2-3-7)13(19)8-4-11(16)12(17)5-10(8)15/h4-7,19H,2-3H2,1H3/b13-9+,18-6?. The Labute approximate surface area is 118 Å². The van der Waals surface area contributed by atoms with Gasteiger partial charge in [-0.15, -0.1) is 0 Å². The van der Waals surface area contributed by atoms with Gasteiger partial charge in [-0.1, -0.05) is 0 Å². The van der Waals surface area contributed by atoms with E-state index in [9.17, 15) is 23.1 Å². The predicted molar refractivity (Wildman–Crippen MR) is 69.4 cm³/mol. The van der Waals surface area contributed by atoms with Gasteiger partial charge >= 0.3 is 5.97 Å². The first-order valence-corrected chi connectivity index (χ1v) is 6.13. The first kappa shape index (κ1) is 15.1. The monoisotopic (exact) mass is 299 g/mol. The Morgan fingerprint density at radius 1 is 1.29 bits per heavy atom. The topological polar surface area (TPSA) is 58.9 Å². The lowest BCUT2D eigenvalue weighted by Crippen LogP contribution is -2.10. The first-order valence-electron chi connectivity index (χ1n) is 6.13. The van der Waals surface area contributed by atoms with Gasteiger partial charge < -0.3 is 9.84 Å². The van der Waals surface area contributed by atoms with E-state index in [-0.39, 0.29) is 12.1 Å². The molecule has 0 atom stereocenters. The van der Waals surface area contributed by atoms with Gasteiger partial charge in [0, 0.05) is 12.3 Å². The van der Waals surface area contributed by atoms with Crippen LogP contribution in [0.15, 0.2) is 22.7 Å². The zero-order valence-corrected chi connectivity index (χ0v) is 11.1. The summed E-state index contributed by atoms with van der Waals surface area (Å²) in [4.78, 5) is 15.6. The molecule has 0 aromatic heterocycles. The third-order valence-electron chi connectivity index (χ3n) is 2.89. The number of carbonyl (C=O) groups is 1. The summed E-state index contributed by atoms with van der Waals surface area (Å²) in [6.45, 7) is 0. The number of esters is 1. The quantitative estimate of drug-likeness (QED) is 0.306. The maximum Gasteiger partial charge on any atom is 0.343 e. The molecule has 4 nitrogen and oxygen atoms in total. The lowest BCUT2D eigenvalue weighted by atomic mass is 10.1. The number of rotatable bonds is 4. The molecule has 7 heteroatoms. The van der Waals surface area contributed by atoms with Gasteiger partial charge in [0.15, 0.2) is 11.6 Å². The largest absolute Gasteiger partial charge is 0.506 e. The number of nitrogens with zero attached hydrogens (tertiary/aromatic N) is 1. The molecule has 1 saturated carbocycles. The first-order chi connectivity index (χ1) is 9.93. The third-order valence-corrected chi connectivity index (χ3v) is 2.89. The number of carbonyl (C=O) groups excluding carboxylic acids is 1. The van der Waals surface area contributed by atoms with E-state index in [2.05, 4.69) is 9.73 Å². The van der Waals surface area contributed by atoms with E-state index < -0.39 is 40.3 Å². The van der Waals surface area contributed by atoms with Crippen LogP contribution in [0.2, 0.25) is 0 Å². The van der Waals surface area contributed by atoms with Gasteiger partial charge in [-0.2, -0.15) is 0 Å². The predicted octanol–water partition coefficient (Wildman–Crippen LogP) is 2.78. The van der Waals surface area contributed by atoms with E-state index in [0.29, 0.717) is 6.07 Å². The van der Waals surface area contributed by atoms with Crippen molar-refractivity contribution in [1.82, 2.24) is 0 Å². The molecular formula is C14H12F3NO3. The van der Waals surface area contributed by atoms with Crippen LogP contribution >= 0.6 is 0 Å². The Balaban J connectivity index is 2.49. The van der Waals surface area contributed by atoms with E-state index in [4.69, 9.17) is 0 Å². The van der Waals surface area contributed by atoms with E-state index in [0.717, 1.165) is 26.2 Å². The highest BCUT2D eigenvalue weighted by Gasteiger charge is 2.23. The molecule has 1 aromatic rings. The Kier molecular flexibility index (Phi) is 4.30. The normalized spacial score (nSPS) is 16.0. The average molecular weight is 299 g/mol. The van der Waals surface area contributed by atoms with Gasteiger partial charge in [0.2, 0.25) is 0 Å². The summed E-state index contributed by atoms with van der Waals surface area (Å²) in [5.41, 5.74) is -1.06. The summed E-state index contributed by atoms with van der Waals surface area (Å²) < 4.78 is 44.1. The van der Waals surface area contributed by atoms with Crippen molar-refractivity contribution in [2.45, 2.75) is 18.9 Å². The number of benzene rings is 1. The van der Waals surface area contributed by atoms with Crippen molar-refractivity contribution in [2.75, 3.05) is 7.11 Å². The van der Waals surface area contributed by atoms with Crippen molar-refractivity contribution in [3.05, 3.63) is 40.7 Å². The number of methoxy groups -OCH3 is 1. The summed E-state index contributed by atoms with van der Waals surface area (Å²) in [6.07, 6.45) is 2.76. The second-order valence-electron chi connectivity index (χ2n) is 4.51. The molecule has 0 amide bonds. The molecule has 0 spiro atoms. The summed E-state index contributed by atoms with van der Waals surface area (Å²) in [6, 6.07) is 0.800. The molecule has 0 bridgehead atoms. The fraction of sp³-hybridized carbons (Fsp3) is 0.286. The lowest BCUT2D eigenvalue weighted by molar-refractivity contribution is -0.135. The van der Waals surface area contributed by atoms with E-state index in [1.165, 1.54) is 0 Å². The van der Waals surface area contributed by atoms with Crippen molar-refractivity contribution >= 4 is 17.9 Å². The SMILES string of the molecule is COC(=O)/C(C=NC1CC1)=C(/O)c1cc(F)c(F)cc1F. The molecule has 1 fully saturated rings. The minimum absolute atomic E-state index is 0.0484. The fourth-order valence-corrected chi connectivity index (χ4v) is 1.57. The van der Waals surface area contributed by atoms with Gasteiger partial charge in [0.25, 0.3) is 0 Å². The zero-order valence-electron chi connectivity index (χ0n) is 11.1. The summed E-state index contributed by atoms with van der Waals surface area (Å²) >= 11 is 0. The number of halogens is 3. The Morgan fingerprint density at radius 3 is 2.48 bits per heavy atom. The highest BCUT2D eigenvalue weighted by atomic mass is 19.2. The van der Waals surface area contributed by atoms with Crippen LogP contribution in [0.5, 0.6) is 0 Å². The smallest absolute Gasteiger partial charge is 0.343 e. The van der Waals surface area contributed by atoms with Gasteiger partial charge in [0.05, 0.1) is 18.7 Å². The highest BCUT2D eigenvalue weighted by molar-refractivity contribution is 6.15. The average Bonchev–Trinajstić information content (AvgIpc) is 3.26. The molecule has 0 unspecified atom stereocenters. The Bertz CT molecular complexity index is 637. The fourth-order valence-electron chi connectivity index (χ4n) is 1.57. The summed E-state index contributed by atoms with van der Waals surface area (Å²) in [5.74, 6) is -5.76. The molecule has 21 heavy (non-hydrogen) atoms. The molecule has 2 rings (SSSR count). The molecule has 1 aliphatic rings. The van der Waals surface area contributed by atoms with E-state index in [1.807, 2.05) is 0 Å². The van der Waals surface area contributed by atoms with Crippen LogP contribution in [0.4, 0.5) is 13.2 Å². The van der Waals surface area contributed by atoms with E-state index >= 15 is 0 Å². The summed E-state index contributed by atoms with van der Waals surface area (Å²) in [5, 5.41) is 9.97.